The van der Waals surface area contributed by atoms with E-state index in [1.165, 1.54) is 0 Å². The topological polar surface area (TPSA) is 53.5 Å². The predicted molar refractivity (Wildman–Crippen MR) is 72.8 cm³/mol. The SMILES string of the molecule is Cc1cnn([B-](n2cc(C)cn2)n2cc(C)cn2)c1. The van der Waals surface area contributed by atoms with E-state index in [4.69, 9.17) is 0 Å². The Labute approximate surface area is 111 Å². The third kappa shape index (κ3) is 2.19. The van der Waals surface area contributed by atoms with Gasteiger partial charge in [0.2, 0.25) is 0 Å². The lowest BCUT2D eigenvalue weighted by molar-refractivity contribution is 0.771. The van der Waals surface area contributed by atoms with Crippen LogP contribution in [0, 0.1) is 20.8 Å². The van der Waals surface area contributed by atoms with Crippen LogP contribution in [0.3, 0.4) is 0 Å². The zero-order chi connectivity index (χ0) is 13.4. The number of aromatic nitrogens is 6. The van der Waals surface area contributed by atoms with E-state index >= 15 is 0 Å². The Morgan fingerprint density at radius 2 is 1.00 bits per heavy atom. The van der Waals surface area contributed by atoms with E-state index in [2.05, 4.69) is 15.3 Å². The Balaban J connectivity index is 2.10. The van der Waals surface area contributed by atoms with Crippen LogP contribution in [0.5, 0.6) is 0 Å². The van der Waals surface area contributed by atoms with Gasteiger partial charge in [-0.15, -0.1) is 0 Å². The molecule has 0 aromatic carbocycles. The quantitative estimate of drug-likeness (QED) is 0.658. The van der Waals surface area contributed by atoms with Gasteiger partial charge in [-0.2, -0.15) is 0 Å². The largest absolute Gasteiger partial charge is 0.425 e. The molecular formula is C12H15BN6-. The molecule has 1 radical (unpaired) electrons. The van der Waals surface area contributed by atoms with Crippen LogP contribution in [-0.2, 0) is 0 Å². The number of hydrogen-bond donors (Lipinski definition) is 0. The van der Waals surface area contributed by atoms with Crippen molar-refractivity contribution in [3.8, 4) is 0 Å². The molecule has 0 aliphatic rings. The van der Waals surface area contributed by atoms with Crippen molar-refractivity contribution in [1.29, 1.82) is 0 Å². The van der Waals surface area contributed by atoms with Gasteiger partial charge in [0.05, 0.1) is 0 Å². The van der Waals surface area contributed by atoms with Crippen LogP contribution in [0.2, 0.25) is 0 Å². The number of rotatable bonds is 3. The molecule has 3 aromatic rings. The molecule has 0 atom stereocenters. The highest BCUT2D eigenvalue weighted by molar-refractivity contribution is 6.52. The van der Waals surface area contributed by atoms with Crippen molar-refractivity contribution in [3.05, 3.63) is 53.9 Å². The lowest BCUT2D eigenvalue weighted by Crippen LogP contribution is -2.42. The minimum absolute atomic E-state index is 0.212. The Bertz CT molecular complexity index is 599. The Morgan fingerprint density at radius 1 is 0.684 bits per heavy atom. The normalized spacial score (nSPS) is 11.4. The van der Waals surface area contributed by atoms with Gasteiger partial charge < -0.3 is 13.8 Å². The lowest BCUT2D eigenvalue weighted by Gasteiger charge is -2.29. The summed E-state index contributed by atoms with van der Waals surface area (Å²) >= 11 is 0. The second kappa shape index (κ2) is 4.42. The molecule has 3 heterocycles. The third-order valence-electron chi connectivity index (χ3n) is 2.90. The predicted octanol–water partition coefficient (Wildman–Crippen LogP) is 1.13. The van der Waals surface area contributed by atoms with E-state index in [-0.39, 0.29) is 7.12 Å². The second-order valence-corrected chi connectivity index (χ2v) is 4.84. The highest BCUT2D eigenvalue weighted by Gasteiger charge is 2.10. The maximum atomic E-state index is 4.38. The molecule has 19 heavy (non-hydrogen) atoms. The van der Waals surface area contributed by atoms with Crippen molar-refractivity contribution < 1.29 is 0 Å². The average Bonchev–Trinajstić information content (AvgIpc) is 3.05. The van der Waals surface area contributed by atoms with Gasteiger partial charge in [0.1, 0.15) is 0 Å². The summed E-state index contributed by atoms with van der Waals surface area (Å²) in [5, 5.41) is 13.1. The first kappa shape index (κ1) is 11.8. The molecule has 3 rings (SSSR count). The van der Waals surface area contributed by atoms with Crippen LogP contribution in [0.15, 0.2) is 37.2 Å². The molecule has 0 saturated heterocycles. The Morgan fingerprint density at radius 3 is 1.21 bits per heavy atom. The van der Waals surface area contributed by atoms with Crippen LogP contribution in [0.1, 0.15) is 16.7 Å². The molecular weight excluding hydrogens is 239 g/mol. The molecule has 0 unspecified atom stereocenters. The first-order chi connectivity index (χ1) is 9.13. The third-order valence-corrected chi connectivity index (χ3v) is 2.90. The molecule has 0 fully saturated rings. The van der Waals surface area contributed by atoms with Gasteiger partial charge >= 0.3 is 0 Å². The van der Waals surface area contributed by atoms with E-state index in [1.807, 2.05) is 71.7 Å². The summed E-state index contributed by atoms with van der Waals surface area (Å²) in [6, 6.07) is 0. The van der Waals surface area contributed by atoms with Crippen LogP contribution in [0.4, 0.5) is 0 Å². The second-order valence-electron chi connectivity index (χ2n) is 4.84. The van der Waals surface area contributed by atoms with Gasteiger partial charge in [0.25, 0.3) is 7.12 Å². The highest BCUT2D eigenvalue weighted by Crippen LogP contribution is 2.04. The molecule has 0 aliphatic carbocycles. The molecule has 6 nitrogen and oxygen atoms in total. The summed E-state index contributed by atoms with van der Waals surface area (Å²) in [4.78, 5) is 0. The van der Waals surface area contributed by atoms with E-state index in [1.54, 1.807) is 0 Å². The van der Waals surface area contributed by atoms with E-state index < -0.39 is 0 Å². The molecule has 0 amide bonds. The van der Waals surface area contributed by atoms with Crippen molar-refractivity contribution in [2.24, 2.45) is 0 Å². The molecule has 3 aromatic heterocycles. The van der Waals surface area contributed by atoms with Crippen molar-refractivity contribution in [2.45, 2.75) is 20.8 Å². The summed E-state index contributed by atoms with van der Waals surface area (Å²) < 4.78 is 5.57. The van der Waals surface area contributed by atoms with Crippen molar-refractivity contribution in [2.75, 3.05) is 0 Å². The fourth-order valence-corrected chi connectivity index (χ4v) is 2.04. The maximum absolute atomic E-state index is 4.38. The minimum atomic E-state index is -0.212. The molecule has 7 heteroatoms. The molecule has 0 saturated carbocycles. The highest BCUT2D eigenvalue weighted by atomic mass is 15.4. The summed E-state index contributed by atoms with van der Waals surface area (Å²) in [6.07, 6.45) is 11.5. The summed E-state index contributed by atoms with van der Waals surface area (Å²) in [6.45, 7) is 6.05. The van der Waals surface area contributed by atoms with Crippen LogP contribution >= 0.6 is 0 Å². The van der Waals surface area contributed by atoms with Gasteiger partial charge in [-0.1, -0.05) is 0 Å². The molecule has 0 aliphatic heterocycles. The zero-order valence-corrected chi connectivity index (χ0v) is 11.2. The fourth-order valence-electron chi connectivity index (χ4n) is 2.04. The van der Waals surface area contributed by atoms with Gasteiger partial charge in [-0.05, 0) is 56.1 Å². The molecule has 97 valence electrons. The Kier molecular flexibility index (Phi) is 2.74. The average molecular weight is 254 g/mol. The summed E-state index contributed by atoms with van der Waals surface area (Å²) in [7, 11) is -0.212. The molecule has 0 spiro atoms. The number of aryl methyl sites for hydroxylation is 3. The fraction of sp³-hybridized carbons (Fsp3) is 0.250. The van der Waals surface area contributed by atoms with E-state index in [0.717, 1.165) is 16.7 Å². The van der Waals surface area contributed by atoms with Crippen molar-refractivity contribution in [3.63, 3.8) is 0 Å². The first-order valence-corrected chi connectivity index (χ1v) is 6.16. The smallest absolute Gasteiger partial charge is 0.260 e. The van der Waals surface area contributed by atoms with Crippen LogP contribution in [0.25, 0.3) is 0 Å². The Hall–Kier alpha value is -2.31. The monoisotopic (exact) mass is 254 g/mol. The van der Waals surface area contributed by atoms with Crippen LogP contribution in [-0.4, -0.2) is 36.2 Å². The minimum Gasteiger partial charge on any atom is -0.425 e. The van der Waals surface area contributed by atoms with E-state index in [0.29, 0.717) is 0 Å². The molecule has 0 N–H and O–H groups in total. The molecule has 0 bridgehead atoms. The summed E-state index contributed by atoms with van der Waals surface area (Å²) in [5.41, 5.74) is 3.33. The lowest BCUT2D eigenvalue weighted by atomic mass is 9.95. The standard InChI is InChI=1S/C12H15BN6/c1-10-4-14-17(7-10)13(18-8-11(2)5-15-18)19-9-12(3)6-16-19/h4-9H,1-3H3/q-1. The van der Waals surface area contributed by atoms with Gasteiger partial charge in [0.15, 0.2) is 0 Å². The maximum Gasteiger partial charge on any atom is 0.260 e. The van der Waals surface area contributed by atoms with Crippen molar-refractivity contribution in [1.82, 2.24) is 29.1 Å². The van der Waals surface area contributed by atoms with Crippen molar-refractivity contribution >= 4 is 7.12 Å². The number of nitrogens with zero attached hydrogens (tertiary/aromatic N) is 6. The number of hydrogen-bond acceptors (Lipinski definition) is 3. The van der Waals surface area contributed by atoms with E-state index in [9.17, 15) is 0 Å². The van der Waals surface area contributed by atoms with Gasteiger partial charge in [-0.25, -0.2) is 15.3 Å². The summed E-state index contributed by atoms with van der Waals surface area (Å²) in [5.74, 6) is 0. The first-order valence-electron chi connectivity index (χ1n) is 6.16. The zero-order valence-electron chi connectivity index (χ0n) is 11.2. The van der Waals surface area contributed by atoms with Crippen LogP contribution < -0.4 is 0 Å². The van der Waals surface area contributed by atoms with Gasteiger partial charge in [0, 0.05) is 18.6 Å². The van der Waals surface area contributed by atoms with Gasteiger partial charge in [-0.3, -0.25) is 0 Å².